The minimum atomic E-state index is -0.957. The molecule has 0 spiro atoms. The van der Waals surface area contributed by atoms with Crippen LogP contribution >= 0.6 is 0 Å². The van der Waals surface area contributed by atoms with Crippen molar-refractivity contribution >= 4 is 22.9 Å². The fourth-order valence-corrected chi connectivity index (χ4v) is 2.29. The number of benzene rings is 2. The van der Waals surface area contributed by atoms with Crippen LogP contribution in [0.1, 0.15) is 11.1 Å². The van der Waals surface area contributed by atoms with Crippen molar-refractivity contribution < 1.29 is 9.90 Å². The number of aryl methyl sites for hydroxylation is 1. The van der Waals surface area contributed by atoms with E-state index in [1.807, 2.05) is 60.3 Å². The summed E-state index contributed by atoms with van der Waals surface area (Å²) in [4.78, 5) is 10.6. The molecule has 3 aromatic rings. The lowest BCUT2D eigenvalue weighted by atomic mass is 10.1. The molecule has 4 heteroatoms. The Hall–Kier alpha value is -2.88. The molecule has 21 heavy (non-hydrogen) atoms. The van der Waals surface area contributed by atoms with Gasteiger partial charge < -0.3 is 5.11 Å². The Balaban J connectivity index is 2.13. The number of fused-ring (bicyclic) bond motifs is 1. The number of hydrogen-bond acceptors (Lipinski definition) is 2. The van der Waals surface area contributed by atoms with Crippen molar-refractivity contribution in [1.29, 1.82) is 0 Å². The highest BCUT2D eigenvalue weighted by atomic mass is 16.4. The van der Waals surface area contributed by atoms with Gasteiger partial charge in [0.2, 0.25) is 0 Å². The second-order valence-electron chi connectivity index (χ2n) is 4.83. The Morgan fingerprint density at radius 3 is 2.86 bits per heavy atom. The van der Waals surface area contributed by atoms with Crippen LogP contribution in [0.25, 0.3) is 22.7 Å². The quantitative estimate of drug-likeness (QED) is 0.747. The zero-order valence-corrected chi connectivity index (χ0v) is 11.5. The lowest BCUT2D eigenvalue weighted by Gasteiger charge is -2.08. The first-order valence-corrected chi connectivity index (χ1v) is 6.60. The van der Waals surface area contributed by atoms with Crippen LogP contribution in [0.2, 0.25) is 0 Å². The first-order chi connectivity index (χ1) is 10.1. The predicted molar refractivity (Wildman–Crippen MR) is 82.5 cm³/mol. The lowest BCUT2D eigenvalue weighted by molar-refractivity contribution is -0.131. The molecule has 0 bridgehead atoms. The van der Waals surface area contributed by atoms with Gasteiger partial charge in [-0.15, -0.1) is 0 Å². The van der Waals surface area contributed by atoms with Crippen molar-refractivity contribution in [3.8, 4) is 5.69 Å². The van der Waals surface area contributed by atoms with E-state index in [2.05, 4.69) is 5.10 Å². The molecular weight excluding hydrogens is 264 g/mol. The van der Waals surface area contributed by atoms with E-state index in [0.717, 1.165) is 33.8 Å². The SMILES string of the molecule is Cc1ccc(/C=C/C(=O)O)cc1-n1ncc2ccccc21. The maximum Gasteiger partial charge on any atom is 0.328 e. The molecule has 3 rings (SSSR count). The van der Waals surface area contributed by atoms with Crippen LogP contribution in [-0.2, 0) is 4.79 Å². The summed E-state index contributed by atoms with van der Waals surface area (Å²) < 4.78 is 1.88. The second kappa shape index (κ2) is 5.25. The zero-order chi connectivity index (χ0) is 14.8. The minimum Gasteiger partial charge on any atom is -0.478 e. The standard InChI is InChI=1S/C17H14N2O2/c1-12-6-7-13(8-9-17(20)21)10-16(12)19-15-5-3-2-4-14(15)11-18-19/h2-11H,1H3,(H,20,21)/b9-8+. The molecule has 0 atom stereocenters. The number of rotatable bonds is 3. The Labute approximate surface area is 122 Å². The van der Waals surface area contributed by atoms with Gasteiger partial charge >= 0.3 is 5.97 Å². The Bertz CT molecular complexity index is 847. The van der Waals surface area contributed by atoms with E-state index in [4.69, 9.17) is 5.11 Å². The molecule has 104 valence electrons. The summed E-state index contributed by atoms with van der Waals surface area (Å²) in [6.45, 7) is 2.01. The number of aromatic nitrogens is 2. The van der Waals surface area contributed by atoms with Crippen molar-refractivity contribution in [2.24, 2.45) is 0 Å². The van der Waals surface area contributed by atoms with Crippen LogP contribution in [0.15, 0.2) is 54.7 Å². The van der Waals surface area contributed by atoms with Crippen LogP contribution in [0.5, 0.6) is 0 Å². The molecule has 0 radical (unpaired) electrons. The fourth-order valence-electron chi connectivity index (χ4n) is 2.29. The molecule has 4 nitrogen and oxygen atoms in total. The Kier molecular flexibility index (Phi) is 3.28. The van der Waals surface area contributed by atoms with Gasteiger partial charge in [0.05, 0.1) is 17.4 Å². The topological polar surface area (TPSA) is 55.1 Å². The molecule has 0 saturated heterocycles. The summed E-state index contributed by atoms with van der Waals surface area (Å²) in [5.41, 5.74) is 3.89. The molecule has 0 unspecified atom stereocenters. The fraction of sp³-hybridized carbons (Fsp3) is 0.0588. The van der Waals surface area contributed by atoms with Gasteiger partial charge in [-0.25, -0.2) is 9.48 Å². The van der Waals surface area contributed by atoms with E-state index < -0.39 is 5.97 Å². The number of hydrogen-bond donors (Lipinski definition) is 1. The first kappa shape index (κ1) is 13.1. The largest absolute Gasteiger partial charge is 0.478 e. The molecule has 1 aromatic heterocycles. The highest BCUT2D eigenvalue weighted by Crippen LogP contribution is 2.22. The molecule has 0 amide bonds. The van der Waals surface area contributed by atoms with Gasteiger partial charge in [0.1, 0.15) is 0 Å². The van der Waals surface area contributed by atoms with Crippen molar-refractivity contribution in [2.75, 3.05) is 0 Å². The third kappa shape index (κ3) is 2.56. The maximum absolute atomic E-state index is 10.6. The number of nitrogens with zero attached hydrogens (tertiary/aromatic N) is 2. The van der Waals surface area contributed by atoms with Crippen LogP contribution in [0.4, 0.5) is 0 Å². The van der Waals surface area contributed by atoms with E-state index in [9.17, 15) is 4.79 Å². The highest BCUT2D eigenvalue weighted by molar-refractivity contribution is 5.85. The van der Waals surface area contributed by atoms with Gasteiger partial charge in [-0.1, -0.05) is 30.3 Å². The summed E-state index contributed by atoms with van der Waals surface area (Å²) >= 11 is 0. The Morgan fingerprint density at radius 1 is 1.24 bits per heavy atom. The van der Waals surface area contributed by atoms with Crippen LogP contribution in [0.3, 0.4) is 0 Å². The highest BCUT2D eigenvalue weighted by Gasteiger charge is 2.07. The van der Waals surface area contributed by atoms with Crippen LogP contribution < -0.4 is 0 Å². The normalized spacial score (nSPS) is 11.3. The van der Waals surface area contributed by atoms with E-state index in [1.165, 1.54) is 0 Å². The second-order valence-corrected chi connectivity index (χ2v) is 4.83. The molecule has 1 heterocycles. The summed E-state index contributed by atoms with van der Waals surface area (Å²) in [7, 11) is 0. The van der Waals surface area contributed by atoms with Gasteiger partial charge in [0.25, 0.3) is 0 Å². The molecular formula is C17H14N2O2. The van der Waals surface area contributed by atoms with Gasteiger partial charge in [0.15, 0.2) is 0 Å². The van der Waals surface area contributed by atoms with Crippen LogP contribution in [0, 0.1) is 6.92 Å². The number of para-hydroxylation sites is 1. The average molecular weight is 278 g/mol. The molecule has 0 aliphatic carbocycles. The lowest BCUT2D eigenvalue weighted by Crippen LogP contribution is -1.99. The zero-order valence-electron chi connectivity index (χ0n) is 11.5. The van der Waals surface area contributed by atoms with Gasteiger partial charge in [0, 0.05) is 11.5 Å². The first-order valence-electron chi connectivity index (χ1n) is 6.60. The number of carboxylic acid groups (broad SMARTS) is 1. The van der Waals surface area contributed by atoms with E-state index in [-0.39, 0.29) is 0 Å². The van der Waals surface area contributed by atoms with E-state index in [1.54, 1.807) is 6.08 Å². The van der Waals surface area contributed by atoms with E-state index >= 15 is 0 Å². The third-order valence-electron chi connectivity index (χ3n) is 3.36. The van der Waals surface area contributed by atoms with E-state index in [0.29, 0.717) is 0 Å². The summed E-state index contributed by atoms with van der Waals surface area (Å²) in [5.74, 6) is -0.957. The Morgan fingerprint density at radius 2 is 2.05 bits per heavy atom. The monoisotopic (exact) mass is 278 g/mol. The van der Waals surface area contributed by atoms with Crippen molar-refractivity contribution in [3.05, 3.63) is 65.9 Å². The molecule has 0 saturated carbocycles. The minimum absolute atomic E-state index is 0.831. The van der Waals surface area contributed by atoms with Crippen LogP contribution in [-0.4, -0.2) is 20.9 Å². The molecule has 0 fully saturated rings. The molecule has 0 aliphatic heterocycles. The maximum atomic E-state index is 10.6. The molecule has 0 aliphatic rings. The van der Waals surface area contributed by atoms with Gasteiger partial charge in [-0.05, 0) is 36.3 Å². The smallest absolute Gasteiger partial charge is 0.328 e. The van der Waals surface area contributed by atoms with Crippen molar-refractivity contribution in [3.63, 3.8) is 0 Å². The van der Waals surface area contributed by atoms with Gasteiger partial charge in [-0.3, -0.25) is 0 Å². The molecule has 2 aromatic carbocycles. The third-order valence-corrected chi connectivity index (χ3v) is 3.36. The van der Waals surface area contributed by atoms with Gasteiger partial charge in [-0.2, -0.15) is 5.10 Å². The summed E-state index contributed by atoms with van der Waals surface area (Å²) in [5, 5.41) is 14.2. The summed E-state index contributed by atoms with van der Waals surface area (Å²) in [6.07, 6.45) is 4.54. The van der Waals surface area contributed by atoms with Crippen molar-refractivity contribution in [1.82, 2.24) is 9.78 Å². The predicted octanol–water partition coefficient (Wildman–Crippen LogP) is 3.43. The average Bonchev–Trinajstić information content (AvgIpc) is 2.90. The molecule has 1 N–H and O–H groups in total. The number of carbonyl (C=O) groups is 1. The number of carboxylic acids is 1. The number of aliphatic carboxylic acids is 1. The summed E-state index contributed by atoms with van der Waals surface area (Å²) in [6, 6.07) is 13.8. The van der Waals surface area contributed by atoms with Crippen molar-refractivity contribution in [2.45, 2.75) is 6.92 Å².